The molecule has 1 heterocycles. The number of aromatic nitrogens is 2. The number of carbonyl (C=O) groups is 3. The van der Waals surface area contributed by atoms with E-state index in [2.05, 4.69) is 10.4 Å². The molecule has 2 aromatic rings. The predicted molar refractivity (Wildman–Crippen MR) is 107 cm³/mol. The molecule has 0 atom stereocenters. The summed E-state index contributed by atoms with van der Waals surface area (Å²) in [4.78, 5) is 35.0. The summed E-state index contributed by atoms with van der Waals surface area (Å²) in [6, 6.07) is 6.64. The van der Waals surface area contributed by atoms with Crippen molar-refractivity contribution in [2.75, 3.05) is 19.8 Å². The highest BCUT2D eigenvalue weighted by Crippen LogP contribution is 2.22. The van der Waals surface area contributed by atoms with E-state index in [4.69, 9.17) is 21.1 Å². The van der Waals surface area contributed by atoms with Crippen molar-refractivity contribution in [3.8, 4) is 5.69 Å². The van der Waals surface area contributed by atoms with Crippen LogP contribution >= 0.6 is 11.6 Å². The Morgan fingerprint density at radius 2 is 1.83 bits per heavy atom. The molecular weight excluding hydrogens is 398 g/mol. The van der Waals surface area contributed by atoms with Crippen molar-refractivity contribution in [1.82, 2.24) is 15.1 Å². The SMILES string of the molecule is CCOC(=O)CCCNC(=O)COC(=O)c1ccc(-n2nc(C)c(Cl)c2C)cc1. The fourth-order valence-corrected chi connectivity index (χ4v) is 2.69. The van der Waals surface area contributed by atoms with Crippen LogP contribution in [0, 0.1) is 13.8 Å². The number of carbonyl (C=O) groups excluding carboxylic acids is 3. The molecule has 1 aromatic carbocycles. The summed E-state index contributed by atoms with van der Waals surface area (Å²) in [5.74, 6) is -1.35. The molecule has 1 N–H and O–H groups in total. The standard InChI is InChI=1S/C20H24ClN3O5/c1-4-28-18(26)6-5-11-22-17(25)12-29-20(27)15-7-9-16(10-8-15)24-14(3)19(21)13(2)23-24/h7-10H,4-6,11-12H2,1-3H3,(H,22,25). The van der Waals surface area contributed by atoms with E-state index in [0.29, 0.717) is 30.2 Å². The van der Waals surface area contributed by atoms with Gasteiger partial charge in [-0.25, -0.2) is 9.48 Å². The number of halogens is 1. The molecule has 0 aliphatic rings. The Labute approximate surface area is 174 Å². The summed E-state index contributed by atoms with van der Waals surface area (Å²) in [6.07, 6.45) is 0.678. The van der Waals surface area contributed by atoms with Crippen molar-refractivity contribution in [3.63, 3.8) is 0 Å². The number of hydrogen-bond donors (Lipinski definition) is 1. The first-order valence-corrected chi connectivity index (χ1v) is 9.62. The van der Waals surface area contributed by atoms with Crippen LogP contribution in [0.5, 0.6) is 0 Å². The summed E-state index contributed by atoms with van der Waals surface area (Å²) in [5, 5.41) is 7.54. The third kappa shape index (κ3) is 6.32. The molecule has 156 valence electrons. The molecule has 8 nitrogen and oxygen atoms in total. The summed E-state index contributed by atoms with van der Waals surface area (Å²) in [5.41, 5.74) is 2.60. The number of rotatable bonds is 9. The number of amides is 1. The fraction of sp³-hybridized carbons (Fsp3) is 0.400. The Kier molecular flexibility index (Phi) is 8.21. The Hall–Kier alpha value is -2.87. The molecule has 0 spiro atoms. The minimum atomic E-state index is -0.607. The lowest BCUT2D eigenvalue weighted by Gasteiger charge is -2.08. The van der Waals surface area contributed by atoms with Crippen LogP contribution in [-0.4, -0.2) is 47.4 Å². The quantitative estimate of drug-likeness (QED) is 0.493. The van der Waals surface area contributed by atoms with Gasteiger partial charge in [0.25, 0.3) is 5.91 Å². The summed E-state index contributed by atoms with van der Waals surface area (Å²) in [6.45, 7) is 5.64. The van der Waals surface area contributed by atoms with E-state index in [1.807, 2.05) is 13.8 Å². The van der Waals surface area contributed by atoms with Gasteiger partial charge in [0.2, 0.25) is 0 Å². The first-order chi connectivity index (χ1) is 13.8. The normalized spacial score (nSPS) is 10.5. The molecule has 1 amide bonds. The van der Waals surface area contributed by atoms with Gasteiger partial charge in [0.05, 0.1) is 34.3 Å². The second kappa shape index (κ2) is 10.6. The lowest BCUT2D eigenvalue weighted by atomic mass is 10.2. The third-order valence-corrected chi connectivity index (χ3v) is 4.62. The third-order valence-electron chi connectivity index (χ3n) is 4.07. The zero-order valence-corrected chi connectivity index (χ0v) is 17.4. The summed E-state index contributed by atoms with van der Waals surface area (Å²) >= 11 is 6.16. The average molecular weight is 422 g/mol. The molecule has 9 heteroatoms. The second-order valence-electron chi connectivity index (χ2n) is 6.28. The van der Waals surface area contributed by atoms with Crippen molar-refractivity contribution < 1.29 is 23.9 Å². The molecule has 0 bridgehead atoms. The average Bonchev–Trinajstić information content (AvgIpc) is 2.97. The molecule has 1 aromatic heterocycles. The molecule has 0 unspecified atom stereocenters. The van der Waals surface area contributed by atoms with Crippen LogP contribution in [0.15, 0.2) is 24.3 Å². The largest absolute Gasteiger partial charge is 0.466 e. The number of hydrogen-bond acceptors (Lipinski definition) is 6. The van der Waals surface area contributed by atoms with Gasteiger partial charge in [0.1, 0.15) is 0 Å². The number of nitrogens with one attached hydrogen (secondary N) is 1. The molecule has 0 fully saturated rings. The van der Waals surface area contributed by atoms with Crippen LogP contribution in [0.25, 0.3) is 5.69 Å². The van der Waals surface area contributed by atoms with E-state index < -0.39 is 18.5 Å². The van der Waals surface area contributed by atoms with Crippen molar-refractivity contribution in [1.29, 1.82) is 0 Å². The van der Waals surface area contributed by atoms with Crippen molar-refractivity contribution in [2.24, 2.45) is 0 Å². The predicted octanol–water partition coefficient (Wildman–Crippen LogP) is 2.76. The van der Waals surface area contributed by atoms with Crippen molar-refractivity contribution in [2.45, 2.75) is 33.6 Å². The van der Waals surface area contributed by atoms with Crippen LogP contribution in [-0.2, 0) is 19.1 Å². The number of esters is 2. The fourth-order valence-electron chi connectivity index (χ4n) is 2.57. The monoisotopic (exact) mass is 421 g/mol. The highest BCUT2D eigenvalue weighted by molar-refractivity contribution is 6.31. The van der Waals surface area contributed by atoms with Crippen molar-refractivity contribution in [3.05, 3.63) is 46.2 Å². The van der Waals surface area contributed by atoms with Gasteiger partial charge in [-0.1, -0.05) is 11.6 Å². The zero-order valence-electron chi connectivity index (χ0n) is 16.7. The van der Waals surface area contributed by atoms with E-state index in [-0.39, 0.29) is 12.4 Å². The molecule has 0 saturated heterocycles. The Bertz CT molecular complexity index is 877. The molecule has 0 aliphatic heterocycles. The van der Waals surface area contributed by atoms with Gasteiger partial charge in [-0.3, -0.25) is 9.59 Å². The highest BCUT2D eigenvalue weighted by Gasteiger charge is 2.13. The minimum Gasteiger partial charge on any atom is -0.466 e. The van der Waals surface area contributed by atoms with Gasteiger partial charge in [0.15, 0.2) is 6.61 Å². The van der Waals surface area contributed by atoms with Gasteiger partial charge in [-0.15, -0.1) is 0 Å². The number of ether oxygens (including phenoxy) is 2. The highest BCUT2D eigenvalue weighted by atomic mass is 35.5. The van der Waals surface area contributed by atoms with Gasteiger partial charge >= 0.3 is 11.9 Å². The van der Waals surface area contributed by atoms with E-state index >= 15 is 0 Å². The maximum absolute atomic E-state index is 12.1. The Balaban J connectivity index is 1.80. The number of benzene rings is 1. The van der Waals surface area contributed by atoms with E-state index in [1.54, 1.807) is 35.9 Å². The maximum Gasteiger partial charge on any atom is 0.338 e. The van der Waals surface area contributed by atoms with E-state index in [9.17, 15) is 14.4 Å². The smallest absolute Gasteiger partial charge is 0.338 e. The van der Waals surface area contributed by atoms with Gasteiger partial charge in [-0.2, -0.15) is 5.10 Å². The second-order valence-corrected chi connectivity index (χ2v) is 6.66. The summed E-state index contributed by atoms with van der Waals surface area (Å²) in [7, 11) is 0. The molecule has 0 radical (unpaired) electrons. The number of aryl methyl sites for hydroxylation is 1. The van der Waals surface area contributed by atoms with Gasteiger partial charge in [0, 0.05) is 13.0 Å². The Morgan fingerprint density at radius 1 is 1.14 bits per heavy atom. The minimum absolute atomic E-state index is 0.223. The van der Waals surface area contributed by atoms with E-state index in [1.165, 1.54) is 0 Å². The Morgan fingerprint density at radius 3 is 2.41 bits per heavy atom. The lowest BCUT2D eigenvalue weighted by Crippen LogP contribution is -2.30. The molecule has 29 heavy (non-hydrogen) atoms. The van der Waals surface area contributed by atoms with Gasteiger partial charge < -0.3 is 14.8 Å². The molecular formula is C20H24ClN3O5. The summed E-state index contributed by atoms with van der Waals surface area (Å²) < 4.78 is 11.5. The van der Waals surface area contributed by atoms with Crippen LogP contribution in [0.4, 0.5) is 0 Å². The topological polar surface area (TPSA) is 99.5 Å². The zero-order chi connectivity index (χ0) is 21.4. The van der Waals surface area contributed by atoms with Gasteiger partial charge in [-0.05, 0) is 51.5 Å². The van der Waals surface area contributed by atoms with Crippen LogP contribution < -0.4 is 5.32 Å². The van der Waals surface area contributed by atoms with Crippen molar-refractivity contribution >= 4 is 29.4 Å². The van der Waals surface area contributed by atoms with Crippen LogP contribution in [0.3, 0.4) is 0 Å². The van der Waals surface area contributed by atoms with Crippen LogP contribution in [0.1, 0.15) is 41.5 Å². The maximum atomic E-state index is 12.1. The molecule has 2 rings (SSSR count). The van der Waals surface area contributed by atoms with Crippen LogP contribution in [0.2, 0.25) is 5.02 Å². The first kappa shape index (κ1) is 22.4. The lowest BCUT2D eigenvalue weighted by molar-refractivity contribution is -0.143. The number of nitrogens with zero attached hydrogens (tertiary/aromatic N) is 2. The molecule has 0 saturated carbocycles. The molecule has 0 aliphatic carbocycles. The first-order valence-electron chi connectivity index (χ1n) is 9.25. The van der Waals surface area contributed by atoms with E-state index in [0.717, 1.165) is 17.1 Å².